The van der Waals surface area contributed by atoms with E-state index in [1.807, 2.05) is 78.9 Å². The maximum Gasteiger partial charge on any atom is 0.251 e. The summed E-state index contributed by atoms with van der Waals surface area (Å²) in [5, 5.41) is 5.75. The number of rotatable bonds is 10. The second-order valence-electron chi connectivity index (χ2n) is 8.71. The van der Waals surface area contributed by atoms with Crippen molar-refractivity contribution < 1.29 is 18.4 Å². The molecule has 4 nitrogen and oxygen atoms in total. The van der Waals surface area contributed by atoms with Crippen molar-refractivity contribution in [3.8, 4) is 11.1 Å². The molecule has 0 aliphatic carbocycles. The van der Waals surface area contributed by atoms with Gasteiger partial charge in [-0.25, -0.2) is 8.78 Å². The van der Waals surface area contributed by atoms with Gasteiger partial charge in [0.25, 0.3) is 5.91 Å². The van der Waals surface area contributed by atoms with Gasteiger partial charge in [-0.15, -0.1) is 0 Å². The van der Waals surface area contributed by atoms with E-state index >= 15 is 0 Å². The molecule has 188 valence electrons. The van der Waals surface area contributed by atoms with Crippen molar-refractivity contribution in [1.29, 1.82) is 0 Å². The molecule has 0 saturated carbocycles. The van der Waals surface area contributed by atoms with Crippen molar-refractivity contribution in [2.45, 2.75) is 25.8 Å². The van der Waals surface area contributed by atoms with Gasteiger partial charge < -0.3 is 10.6 Å². The summed E-state index contributed by atoms with van der Waals surface area (Å²) in [4.78, 5) is 24.8. The standard InChI is InChI=1S/C31H28F2N2O2/c32-28-16-14-25(20-29(28)33)31(37)34-19-18-24-11-5-7-13-27(24)26-12-6-4-10-23(26)15-17-30(36)35-21-22-8-2-1-3-9-22/h1-14,16,20H,15,17-19,21H2,(H,34,37)(H,35,36). The highest BCUT2D eigenvalue weighted by Crippen LogP contribution is 2.28. The Morgan fingerprint density at radius 2 is 1.27 bits per heavy atom. The first-order valence-corrected chi connectivity index (χ1v) is 12.2. The lowest BCUT2D eigenvalue weighted by molar-refractivity contribution is -0.121. The van der Waals surface area contributed by atoms with E-state index in [1.165, 1.54) is 6.07 Å². The maximum absolute atomic E-state index is 13.5. The lowest BCUT2D eigenvalue weighted by Gasteiger charge is -2.15. The topological polar surface area (TPSA) is 58.2 Å². The van der Waals surface area contributed by atoms with E-state index in [9.17, 15) is 18.4 Å². The first-order chi connectivity index (χ1) is 18.0. The number of hydrogen-bond donors (Lipinski definition) is 2. The van der Waals surface area contributed by atoms with Gasteiger partial charge in [0.1, 0.15) is 0 Å². The molecular formula is C31H28F2N2O2. The van der Waals surface area contributed by atoms with E-state index < -0.39 is 17.5 Å². The third-order valence-electron chi connectivity index (χ3n) is 6.14. The van der Waals surface area contributed by atoms with Crippen LogP contribution < -0.4 is 10.6 Å². The second kappa shape index (κ2) is 12.6. The van der Waals surface area contributed by atoms with Gasteiger partial charge >= 0.3 is 0 Å². The SMILES string of the molecule is O=C(CCc1ccccc1-c1ccccc1CCNC(=O)c1ccc(F)c(F)c1)NCc1ccccc1. The van der Waals surface area contributed by atoms with Gasteiger partial charge in [0.2, 0.25) is 5.91 Å². The highest BCUT2D eigenvalue weighted by atomic mass is 19.2. The third-order valence-corrected chi connectivity index (χ3v) is 6.14. The summed E-state index contributed by atoms with van der Waals surface area (Å²) in [5.74, 6) is -2.51. The van der Waals surface area contributed by atoms with E-state index in [1.54, 1.807) is 0 Å². The van der Waals surface area contributed by atoms with Gasteiger partial charge in [0.05, 0.1) is 0 Å². The van der Waals surface area contributed by atoms with Gasteiger partial charge in [-0.3, -0.25) is 9.59 Å². The van der Waals surface area contributed by atoms with Crippen LogP contribution in [0.25, 0.3) is 11.1 Å². The third kappa shape index (κ3) is 7.10. The van der Waals surface area contributed by atoms with Crippen LogP contribution >= 0.6 is 0 Å². The number of benzene rings is 4. The molecule has 0 spiro atoms. The van der Waals surface area contributed by atoms with Crippen LogP contribution in [0.15, 0.2) is 97.1 Å². The average Bonchev–Trinajstić information content (AvgIpc) is 2.93. The fourth-order valence-electron chi connectivity index (χ4n) is 4.19. The van der Waals surface area contributed by atoms with E-state index in [0.717, 1.165) is 39.9 Å². The highest BCUT2D eigenvalue weighted by Gasteiger charge is 2.13. The molecule has 0 heterocycles. The summed E-state index contributed by atoms with van der Waals surface area (Å²) in [6, 6.07) is 28.8. The van der Waals surface area contributed by atoms with E-state index in [4.69, 9.17) is 0 Å². The summed E-state index contributed by atoms with van der Waals surface area (Å²) in [6.07, 6.45) is 1.52. The second-order valence-corrected chi connectivity index (χ2v) is 8.71. The smallest absolute Gasteiger partial charge is 0.251 e. The zero-order valence-corrected chi connectivity index (χ0v) is 20.3. The van der Waals surface area contributed by atoms with Crippen molar-refractivity contribution in [2.75, 3.05) is 6.54 Å². The van der Waals surface area contributed by atoms with E-state index in [0.29, 0.717) is 32.4 Å². The summed E-state index contributed by atoms with van der Waals surface area (Å²) < 4.78 is 26.6. The minimum absolute atomic E-state index is 0.00752. The Morgan fingerprint density at radius 1 is 0.649 bits per heavy atom. The summed E-state index contributed by atoms with van der Waals surface area (Å²) in [7, 11) is 0. The number of amides is 2. The lowest BCUT2D eigenvalue weighted by atomic mass is 9.92. The van der Waals surface area contributed by atoms with Gasteiger partial charge in [-0.2, -0.15) is 0 Å². The number of hydrogen-bond acceptors (Lipinski definition) is 2. The molecule has 0 saturated heterocycles. The molecule has 4 rings (SSSR count). The quantitative estimate of drug-likeness (QED) is 0.288. The Labute approximate surface area is 215 Å². The largest absolute Gasteiger partial charge is 0.352 e. The fraction of sp³-hybridized carbons (Fsp3) is 0.161. The van der Waals surface area contributed by atoms with Crippen molar-refractivity contribution >= 4 is 11.8 Å². The van der Waals surface area contributed by atoms with Crippen LogP contribution in [0.1, 0.15) is 33.5 Å². The van der Waals surface area contributed by atoms with Gasteiger partial charge in [0.15, 0.2) is 11.6 Å². The predicted octanol–water partition coefficient (Wildman–Crippen LogP) is 5.85. The van der Waals surface area contributed by atoms with Gasteiger partial charge in [-0.1, -0.05) is 78.9 Å². The number of nitrogens with one attached hydrogen (secondary N) is 2. The molecule has 4 aromatic carbocycles. The molecular weight excluding hydrogens is 470 g/mol. The van der Waals surface area contributed by atoms with Crippen LogP contribution in [-0.4, -0.2) is 18.4 Å². The van der Waals surface area contributed by atoms with Crippen LogP contribution in [0.3, 0.4) is 0 Å². The van der Waals surface area contributed by atoms with Crippen LogP contribution in [-0.2, 0) is 24.2 Å². The Kier molecular flexibility index (Phi) is 8.76. The van der Waals surface area contributed by atoms with Crippen molar-refractivity contribution in [1.82, 2.24) is 10.6 Å². The van der Waals surface area contributed by atoms with Crippen molar-refractivity contribution in [3.05, 3.63) is 131 Å². The number of halogens is 2. The maximum atomic E-state index is 13.5. The van der Waals surface area contributed by atoms with Crippen LogP contribution in [0.2, 0.25) is 0 Å². The number of carbonyl (C=O) groups excluding carboxylic acids is 2. The molecule has 0 aliphatic heterocycles. The Morgan fingerprint density at radius 3 is 1.95 bits per heavy atom. The van der Waals surface area contributed by atoms with Crippen LogP contribution in [0.4, 0.5) is 8.78 Å². The van der Waals surface area contributed by atoms with E-state index in [-0.39, 0.29) is 11.5 Å². The monoisotopic (exact) mass is 498 g/mol. The normalized spacial score (nSPS) is 10.6. The fourth-order valence-corrected chi connectivity index (χ4v) is 4.19. The molecule has 6 heteroatoms. The lowest BCUT2D eigenvalue weighted by Crippen LogP contribution is -2.26. The minimum atomic E-state index is -1.05. The summed E-state index contributed by atoms with van der Waals surface area (Å²) in [5.41, 5.74) is 5.31. The Hall–Kier alpha value is -4.32. The molecule has 0 bridgehead atoms. The van der Waals surface area contributed by atoms with E-state index in [2.05, 4.69) is 10.6 Å². The molecule has 0 unspecified atom stereocenters. The summed E-state index contributed by atoms with van der Waals surface area (Å²) in [6.45, 7) is 0.833. The molecule has 0 atom stereocenters. The first-order valence-electron chi connectivity index (χ1n) is 12.2. The molecule has 4 aromatic rings. The predicted molar refractivity (Wildman–Crippen MR) is 141 cm³/mol. The minimum Gasteiger partial charge on any atom is -0.352 e. The average molecular weight is 499 g/mol. The molecule has 0 aliphatic rings. The molecule has 0 aromatic heterocycles. The highest BCUT2D eigenvalue weighted by molar-refractivity contribution is 5.94. The first kappa shape index (κ1) is 25.8. The molecule has 0 radical (unpaired) electrons. The molecule has 0 fully saturated rings. The van der Waals surface area contributed by atoms with Crippen molar-refractivity contribution in [3.63, 3.8) is 0 Å². The summed E-state index contributed by atoms with van der Waals surface area (Å²) >= 11 is 0. The Bertz CT molecular complexity index is 1370. The molecule has 2 amide bonds. The van der Waals surface area contributed by atoms with Crippen molar-refractivity contribution in [2.24, 2.45) is 0 Å². The van der Waals surface area contributed by atoms with Crippen LogP contribution in [0, 0.1) is 11.6 Å². The molecule has 2 N–H and O–H groups in total. The number of aryl methyl sites for hydroxylation is 1. The van der Waals surface area contributed by atoms with Gasteiger partial charge in [-0.05, 0) is 58.9 Å². The zero-order chi connectivity index (χ0) is 26.0. The van der Waals surface area contributed by atoms with Gasteiger partial charge in [0, 0.05) is 25.1 Å². The van der Waals surface area contributed by atoms with Crippen LogP contribution in [0.5, 0.6) is 0 Å². The number of carbonyl (C=O) groups is 2. The zero-order valence-electron chi connectivity index (χ0n) is 20.3. The molecule has 37 heavy (non-hydrogen) atoms. The Balaban J connectivity index is 1.38.